The molecule has 2 rings (SSSR count). The smallest absolute Gasteiger partial charge is 0.273 e. The molecule has 2 aromatic carbocycles. The monoisotopic (exact) mass is 433 g/mol. The lowest BCUT2D eigenvalue weighted by molar-refractivity contribution is -0.385. The number of nitrogens with zero attached hydrogens (tertiary/aromatic N) is 2. The summed E-state index contributed by atoms with van der Waals surface area (Å²) < 4.78 is 0.906. The van der Waals surface area contributed by atoms with Gasteiger partial charge in [-0.05, 0) is 24.6 Å². The fraction of sp³-hybridized carbons (Fsp3) is 0.263. The topological polar surface area (TPSA) is 92.6 Å². The van der Waals surface area contributed by atoms with E-state index >= 15 is 0 Å². The van der Waals surface area contributed by atoms with Crippen LogP contribution in [0.5, 0.6) is 0 Å². The number of rotatable bonds is 7. The highest BCUT2D eigenvalue weighted by Crippen LogP contribution is 2.20. The van der Waals surface area contributed by atoms with Crippen LogP contribution in [0.4, 0.5) is 5.69 Å². The van der Waals surface area contributed by atoms with Crippen molar-refractivity contribution in [3.8, 4) is 0 Å². The Morgan fingerprint density at radius 3 is 2.41 bits per heavy atom. The molecule has 0 saturated carbocycles. The molecule has 0 saturated heterocycles. The molecule has 0 aliphatic heterocycles. The van der Waals surface area contributed by atoms with Crippen LogP contribution in [-0.4, -0.2) is 34.7 Å². The van der Waals surface area contributed by atoms with Gasteiger partial charge in [-0.2, -0.15) is 0 Å². The van der Waals surface area contributed by atoms with Crippen molar-refractivity contribution in [2.75, 3.05) is 7.05 Å². The van der Waals surface area contributed by atoms with E-state index in [4.69, 9.17) is 0 Å². The number of nitrogens with one attached hydrogen (secondary N) is 1. The highest BCUT2D eigenvalue weighted by molar-refractivity contribution is 9.10. The number of carbonyl (C=O) groups is 2. The molecule has 0 spiro atoms. The molecule has 2 amide bonds. The van der Waals surface area contributed by atoms with E-state index in [0.717, 1.165) is 10.0 Å². The summed E-state index contributed by atoms with van der Waals surface area (Å²) in [6.07, 6.45) is -0.158. The minimum Gasteiger partial charge on any atom is -0.357 e. The lowest BCUT2D eigenvalue weighted by atomic mass is 10.1. The number of hydrogen-bond donors (Lipinski definition) is 1. The van der Waals surface area contributed by atoms with Gasteiger partial charge in [0.1, 0.15) is 6.04 Å². The molecule has 0 bridgehead atoms. The van der Waals surface area contributed by atoms with Crippen LogP contribution < -0.4 is 5.32 Å². The standard InChI is InChI=1S/C19H20BrN3O4/c1-13(19(25)21-2)22(12-14-7-9-16(20)10-8-14)18(24)11-15-5-3-4-6-17(15)23(26)27/h3-10,13H,11-12H2,1-2H3,(H,21,25)/t13-/m0/s1. The molecule has 0 fully saturated rings. The molecule has 0 aliphatic rings. The Morgan fingerprint density at radius 2 is 1.81 bits per heavy atom. The van der Waals surface area contributed by atoms with Gasteiger partial charge in [-0.25, -0.2) is 0 Å². The van der Waals surface area contributed by atoms with Crippen LogP contribution in [0.3, 0.4) is 0 Å². The lowest BCUT2D eigenvalue weighted by Crippen LogP contribution is -2.47. The zero-order valence-corrected chi connectivity index (χ0v) is 16.6. The summed E-state index contributed by atoms with van der Waals surface area (Å²) in [6, 6.07) is 12.8. The molecule has 2 aromatic rings. The molecule has 0 aromatic heterocycles. The van der Waals surface area contributed by atoms with Gasteiger partial charge in [-0.1, -0.05) is 46.3 Å². The fourth-order valence-corrected chi connectivity index (χ4v) is 2.95. The first kappa shape index (κ1) is 20.6. The van der Waals surface area contributed by atoms with Crippen molar-refractivity contribution < 1.29 is 14.5 Å². The zero-order chi connectivity index (χ0) is 20.0. The molecule has 0 radical (unpaired) electrons. The number of halogens is 1. The molecule has 1 N–H and O–H groups in total. The molecular formula is C19H20BrN3O4. The third-order valence-corrected chi connectivity index (χ3v) is 4.74. The van der Waals surface area contributed by atoms with E-state index in [2.05, 4.69) is 21.2 Å². The normalized spacial score (nSPS) is 11.5. The number of likely N-dealkylation sites (N-methyl/N-ethyl adjacent to an activating group) is 1. The predicted molar refractivity (Wildman–Crippen MR) is 105 cm³/mol. The first-order chi connectivity index (χ1) is 12.8. The van der Waals surface area contributed by atoms with Crippen LogP contribution in [-0.2, 0) is 22.6 Å². The van der Waals surface area contributed by atoms with E-state index in [-0.39, 0.29) is 30.5 Å². The van der Waals surface area contributed by atoms with Gasteiger partial charge in [0, 0.05) is 29.7 Å². The average molecular weight is 434 g/mol. The van der Waals surface area contributed by atoms with Crippen LogP contribution in [0.15, 0.2) is 53.0 Å². The number of nitro benzene ring substituents is 1. The van der Waals surface area contributed by atoms with Crippen molar-refractivity contribution in [3.05, 3.63) is 74.2 Å². The number of carbonyl (C=O) groups excluding carboxylic acids is 2. The third kappa shape index (κ3) is 5.37. The summed E-state index contributed by atoms with van der Waals surface area (Å²) in [6.45, 7) is 1.86. The number of hydrogen-bond acceptors (Lipinski definition) is 4. The fourth-order valence-electron chi connectivity index (χ4n) is 2.68. The van der Waals surface area contributed by atoms with Gasteiger partial charge >= 0.3 is 0 Å². The number of nitro groups is 1. The first-order valence-electron chi connectivity index (χ1n) is 8.31. The summed E-state index contributed by atoms with van der Waals surface area (Å²) in [5, 5.41) is 13.7. The quantitative estimate of drug-likeness (QED) is 0.536. The van der Waals surface area contributed by atoms with Crippen molar-refractivity contribution in [1.29, 1.82) is 0 Å². The van der Waals surface area contributed by atoms with Crippen molar-refractivity contribution >= 4 is 33.4 Å². The molecule has 0 unspecified atom stereocenters. The van der Waals surface area contributed by atoms with Crippen LogP contribution in [0.2, 0.25) is 0 Å². The summed E-state index contributed by atoms with van der Waals surface area (Å²) >= 11 is 3.36. The Hall–Kier alpha value is -2.74. The largest absolute Gasteiger partial charge is 0.357 e. The SMILES string of the molecule is CNC(=O)[C@H](C)N(Cc1ccc(Br)cc1)C(=O)Cc1ccccc1[N+](=O)[O-]. The van der Waals surface area contributed by atoms with Crippen LogP contribution >= 0.6 is 15.9 Å². The van der Waals surface area contributed by atoms with E-state index in [1.54, 1.807) is 25.1 Å². The van der Waals surface area contributed by atoms with Gasteiger partial charge < -0.3 is 10.2 Å². The van der Waals surface area contributed by atoms with Gasteiger partial charge in [0.15, 0.2) is 0 Å². The molecule has 8 heteroatoms. The van der Waals surface area contributed by atoms with Gasteiger partial charge in [0.25, 0.3) is 5.69 Å². The molecule has 1 atom stereocenters. The minimum absolute atomic E-state index is 0.109. The molecular weight excluding hydrogens is 414 g/mol. The molecule has 142 valence electrons. The summed E-state index contributed by atoms with van der Waals surface area (Å²) in [5.74, 6) is -0.661. The van der Waals surface area contributed by atoms with E-state index in [9.17, 15) is 19.7 Å². The maximum absolute atomic E-state index is 12.9. The minimum atomic E-state index is -0.714. The third-order valence-electron chi connectivity index (χ3n) is 4.21. The summed E-state index contributed by atoms with van der Waals surface area (Å²) in [5.41, 5.74) is 1.06. The van der Waals surface area contributed by atoms with E-state index in [0.29, 0.717) is 5.56 Å². The average Bonchev–Trinajstić information content (AvgIpc) is 2.66. The summed E-state index contributed by atoms with van der Waals surface area (Å²) in [7, 11) is 1.50. The van der Waals surface area contributed by atoms with Crippen molar-refractivity contribution in [1.82, 2.24) is 10.2 Å². The Kier molecular flexibility index (Phi) is 7.06. The molecule has 27 heavy (non-hydrogen) atoms. The van der Waals surface area contributed by atoms with Crippen LogP contribution in [0, 0.1) is 10.1 Å². The lowest BCUT2D eigenvalue weighted by Gasteiger charge is -2.28. The second-order valence-corrected chi connectivity index (χ2v) is 6.92. The van der Waals surface area contributed by atoms with Crippen molar-refractivity contribution in [2.24, 2.45) is 0 Å². The zero-order valence-electron chi connectivity index (χ0n) is 15.0. The highest BCUT2D eigenvalue weighted by Gasteiger charge is 2.27. The highest BCUT2D eigenvalue weighted by atomic mass is 79.9. The Labute approximate surface area is 165 Å². The Morgan fingerprint density at radius 1 is 1.19 bits per heavy atom. The maximum atomic E-state index is 12.9. The van der Waals surface area contributed by atoms with E-state index < -0.39 is 11.0 Å². The van der Waals surface area contributed by atoms with Gasteiger partial charge in [0.05, 0.1) is 11.3 Å². The number of benzene rings is 2. The van der Waals surface area contributed by atoms with Crippen molar-refractivity contribution in [2.45, 2.75) is 25.9 Å². The Bertz CT molecular complexity index is 839. The second-order valence-electron chi connectivity index (χ2n) is 6.00. The Balaban J connectivity index is 2.29. The number of amides is 2. The molecule has 0 heterocycles. The van der Waals surface area contributed by atoms with Crippen LogP contribution in [0.25, 0.3) is 0 Å². The number of para-hydroxylation sites is 1. The van der Waals surface area contributed by atoms with E-state index in [1.165, 1.54) is 18.0 Å². The van der Waals surface area contributed by atoms with E-state index in [1.807, 2.05) is 24.3 Å². The van der Waals surface area contributed by atoms with Crippen LogP contribution in [0.1, 0.15) is 18.1 Å². The van der Waals surface area contributed by atoms with Gasteiger partial charge in [-0.15, -0.1) is 0 Å². The van der Waals surface area contributed by atoms with Crippen molar-refractivity contribution in [3.63, 3.8) is 0 Å². The second kappa shape index (κ2) is 9.27. The molecule has 7 nitrogen and oxygen atoms in total. The van der Waals surface area contributed by atoms with Gasteiger partial charge in [0.2, 0.25) is 11.8 Å². The molecule has 0 aliphatic carbocycles. The van der Waals surface area contributed by atoms with Gasteiger partial charge in [-0.3, -0.25) is 19.7 Å². The first-order valence-corrected chi connectivity index (χ1v) is 9.10. The predicted octanol–water partition coefficient (Wildman–Crippen LogP) is 3.06. The maximum Gasteiger partial charge on any atom is 0.273 e. The summed E-state index contributed by atoms with van der Waals surface area (Å²) in [4.78, 5) is 37.2.